The van der Waals surface area contributed by atoms with Gasteiger partial charge >= 0.3 is 0 Å². The third-order valence-corrected chi connectivity index (χ3v) is 3.85. The third kappa shape index (κ3) is 4.41. The molecule has 2 unspecified atom stereocenters. The van der Waals surface area contributed by atoms with E-state index in [2.05, 4.69) is 26.8 Å². The SMILES string of the molecule is CCCCC(Cc1ccccc1O)C(C)CC. The van der Waals surface area contributed by atoms with Gasteiger partial charge in [0.15, 0.2) is 0 Å². The zero-order valence-corrected chi connectivity index (χ0v) is 11.4. The molecule has 0 aliphatic rings. The van der Waals surface area contributed by atoms with Crippen molar-refractivity contribution in [3.05, 3.63) is 29.8 Å². The normalized spacial score (nSPS) is 14.5. The first-order valence-electron chi connectivity index (χ1n) is 6.95. The molecule has 1 aromatic rings. The van der Waals surface area contributed by atoms with Crippen molar-refractivity contribution in [2.45, 2.75) is 52.9 Å². The monoisotopic (exact) mass is 234 g/mol. The number of benzene rings is 1. The Labute approximate surface area is 106 Å². The molecule has 96 valence electrons. The number of hydrogen-bond donors (Lipinski definition) is 1. The van der Waals surface area contributed by atoms with Crippen LogP contribution < -0.4 is 0 Å². The predicted octanol–water partition coefficient (Wildman–Crippen LogP) is 4.79. The third-order valence-electron chi connectivity index (χ3n) is 3.85. The van der Waals surface area contributed by atoms with Crippen LogP contribution in [0.2, 0.25) is 0 Å². The van der Waals surface area contributed by atoms with Crippen LogP contribution in [-0.4, -0.2) is 5.11 Å². The Bertz CT molecular complexity index is 319. The number of phenols is 1. The van der Waals surface area contributed by atoms with Gasteiger partial charge in [0.25, 0.3) is 0 Å². The molecular formula is C16H26O. The maximum atomic E-state index is 9.84. The van der Waals surface area contributed by atoms with Gasteiger partial charge in [0.1, 0.15) is 5.75 Å². The summed E-state index contributed by atoms with van der Waals surface area (Å²) in [4.78, 5) is 0. The van der Waals surface area contributed by atoms with Crippen molar-refractivity contribution in [3.63, 3.8) is 0 Å². The number of unbranched alkanes of at least 4 members (excludes halogenated alkanes) is 1. The summed E-state index contributed by atoms with van der Waals surface area (Å²) in [6, 6.07) is 7.76. The van der Waals surface area contributed by atoms with Crippen LogP contribution in [0.1, 0.15) is 52.0 Å². The Morgan fingerprint density at radius 2 is 1.88 bits per heavy atom. The van der Waals surface area contributed by atoms with Gasteiger partial charge < -0.3 is 5.11 Å². The van der Waals surface area contributed by atoms with Crippen molar-refractivity contribution in [2.75, 3.05) is 0 Å². The standard InChI is InChI=1S/C16H26O/c1-4-6-9-14(13(3)5-2)12-15-10-7-8-11-16(15)17/h7-8,10-11,13-14,17H,4-6,9,12H2,1-3H3. The van der Waals surface area contributed by atoms with E-state index in [4.69, 9.17) is 0 Å². The second-order valence-corrected chi connectivity index (χ2v) is 5.12. The van der Waals surface area contributed by atoms with E-state index in [0.29, 0.717) is 11.7 Å². The average molecular weight is 234 g/mol. The fourth-order valence-corrected chi connectivity index (χ4v) is 2.35. The topological polar surface area (TPSA) is 20.2 Å². The lowest BCUT2D eigenvalue weighted by Gasteiger charge is -2.23. The van der Waals surface area contributed by atoms with Crippen LogP contribution in [0.5, 0.6) is 5.75 Å². The molecule has 1 nitrogen and oxygen atoms in total. The molecular weight excluding hydrogens is 208 g/mol. The number of para-hydroxylation sites is 1. The molecule has 0 saturated heterocycles. The summed E-state index contributed by atoms with van der Waals surface area (Å²) >= 11 is 0. The average Bonchev–Trinajstić information content (AvgIpc) is 2.35. The summed E-state index contributed by atoms with van der Waals surface area (Å²) in [5, 5.41) is 9.84. The highest BCUT2D eigenvalue weighted by Gasteiger charge is 2.17. The molecule has 0 amide bonds. The summed E-state index contributed by atoms with van der Waals surface area (Å²) in [5.41, 5.74) is 1.11. The molecule has 0 bridgehead atoms. The van der Waals surface area contributed by atoms with Gasteiger partial charge in [-0.3, -0.25) is 0 Å². The zero-order chi connectivity index (χ0) is 12.7. The van der Waals surface area contributed by atoms with E-state index in [9.17, 15) is 5.11 Å². The minimum absolute atomic E-state index is 0.456. The maximum Gasteiger partial charge on any atom is 0.118 e. The first kappa shape index (κ1) is 14.1. The van der Waals surface area contributed by atoms with Crippen LogP contribution >= 0.6 is 0 Å². The molecule has 0 radical (unpaired) electrons. The van der Waals surface area contributed by atoms with Crippen molar-refractivity contribution in [3.8, 4) is 5.75 Å². The molecule has 0 aromatic heterocycles. The van der Waals surface area contributed by atoms with Gasteiger partial charge in [0, 0.05) is 0 Å². The molecule has 1 aromatic carbocycles. The van der Waals surface area contributed by atoms with E-state index in [0.717, 1.165) is 17.9 Å². The molecule has 0 spiro atoms. The van der Waals surface area contributed by atoms with E-state index in [-0.39, 0.29) is 0 Å². The van der Waals surface area contributed by atoms with Crippen molar-refractivity contribution < 1.29 is 5.11 Å². The predicted molar refractivity (Wildman–Crippen MR) is 74.3 cm³/mol. The van der Waals surface area contributed by atoms with Crippen molar-refractivity contribution in [2.24, 2.45) is 11.8 Å². The fraction of sp³-hybridized carbons (Fsp3) is 0.625. The second-order valence-electron chi connectivity index (χ2n) is 5.12. The van der Waals surface area contributed by atoms with Crippen LogP contribution in [0.15, 0.2) is 24.3 Å². The highest BCUT2D eigenvalue weighted by Crippen LogP contribution is 2.28. The summed E-state index contributed by atoms with van der Waals surface area (Å²) < 4.78 is 0. The minimum Gasteiger partial charge on any atom is -0.508 e. The molecule has 0 aliphatic heterocycles. The van der Waals surface area contributed by atoms with Crippen LogP contribution in [0.4, 0.5) is 0 Å². The number of aromatic hydroxyl groups is 1. The molecule has 17 heavy (non-hydrogen) atoms. The van der Waals surface area contributed by atoms with Gasteiger partial charge in [-0.15, -0.1) is 0 Å². The number of phenolic OH excluding ortho intramolecular Hbond substituents is 1. The van der Waals surface area contributed by atoms with E-state index in [1.54, 1.807) is 6.07 Å². The van der Waals surface area contributed by atoms with Gasteiger partial charge in [-0.25, -0.2) is 0 Å². The highest BCUT2D eigenvalue weighted by molar-refractivity contribution is 5.32. The van der Waals surface area contributed by atoms with Crippen LogP contribution in [0.3, 0.4) is 0 Å². The Morgan fingerprint density at radius 1 is 1.18 bits per heavy atom. The molecule has 0 fully saturated rings. The Hall–Kier alpha value is -0.980. The van der Waals surface area contributed by atoms with Crippen LogP contribution in [0.25, 0.3) is 0 Å². The van der Waals surface area contributed by atoms with Crippen LogP contribution in [0, 0.1) is 11.8 Å². The van der Waals surface area contributed by atoms with Gasteiger partial charge in [-0.05, 0) is 36.3 Å². The first-order valence-corrected chi connectivity index (χ1v) is 6.95. The highest BCUT2D eigenvalue weighted by atomic mass is 16.3. The zero-order valence-electron chi connectivity index (χ0n) is 11.4. The second kappa shape index (κ2) is 7.37. The van der Waals surface area contributed by atoms with E-state index in [1.807, 2.05) is 12.1 Å². The van der Waals surface area contributed by atoms with Crippen LogP contribution in [-0.2, 0) is 6.42 Å². The van der Waals surface area contributed by atoms with E-state index in [1.165, 1.54) is 25.7 Å². The number of hydrogen-bond acceptors (Lipinski definition) is 1. The van der Waals surface area contributed by atoms with E-state index < -0.39 is 0 Å². The molecule has 0 aliphatic carbocycles. The molecule has 0 saturated carbocycles. The molecule has 1 heteroatoms. The van der Waals surface area contributed by atoms with Crippen molar-refractivity contribution in [1.29, 1.82) is 0 Å². The lowest BCUT2D eigenvalue weighted by Crippen LogP contribution is -2.14. The lowest BCUT2D eigenvalue weighted by molar-refractivity contribution is 0.313. The molecule has 1 rings (SSSR count). The summed E-state index contributed by atoms with van der Waals surface area (Å²) in [7, 11) is 0. The first-order chi connectivity index (χ1) is 8.19. The fourth-order valence-electron chi connectivity index (χ4n) is 2.35. The lowest BCUT2D eigenvalue weighted by atomic mass is 9.83. The van der Waals surface area contributed by atoms with Gasteiger partial charge in [0.05, 0.1) is 0 Å². The van der Waals surface area contributed by atoms with Gasteiger partial charge in [-0.2, -0.15) is 0 Å². The van der Waals surface area contributed by atoms with Crippen molar-refractivity contribution >= 4 is 0 Å². The summed E-state index contributed by atoms with van der Waals surface area (Å²) in [6.45, 7) is 6.84. The smallest absolute Gasteiger partial charge is 0.118 e. The largest absolute Gasteiger partial charge is 0.508 e. The Kier molecular flexibility index (Phi) is 6.10. The van der Waals surface area contributed by atoms with Crippen molar-refractivity contribution in [1.82, 2.24) is 0 Å². The quantitative estimate of drug-likeness (QED) is 0.719. The summed E-state index contributed by atoms with van der Waals surface area (Å²) in [6.07, 6.45) is 6.07. The van der Waals surface area contributed by atoms with E-state index >= 15 is 0 Å². The molecule has 2 atom stereocenters. The Balaban J connectivity index is 2.68. The minimum atomic E-state index is 0.456. The molecule has 0 heterocycles. The molecule has 1 N–H and O–H groups in total. The van der Waals surface area contributed by atoms with Gasteiger partial charge in [0.2, 0.25) is 0 Å². The Morgan fingerprint density at radius 3 is 2.47 bits per heavy atom. The van der Waals surface area contributed by atoms with Gasteiger partial charge in [-0.1, -0.05) is 58.2 Å². The number of rotatable bonds is 7. The summed E-state index contributed by atoms with van der Waals surface area (Å²) in [5.74, 6) is 1.90. The maximum absolute atomic E-state index is 9.84.